The molecule has 62 valence electrons. The Bertz CT molecular complexity index is 302. The maximum Gasteiger partial charge on any atom is 0.264 e. The number of nitrogens with one attached hydrogen (secondary N) is 1. The van der Waals surface area contributed by atoms with Crippen LogP contribution < -0.4 is 0 Å². The van der Waals surface area contributed by atoms with Crippen LogP contribution in [0.3, 0.4) is 0 Å². The summed E-state index contributed by atoms with van der Waals surface area (Å²) >= 11 is 0. The lowest BCUT2D eigenvalue weighted by atomic mass is 10.5. The Kier molecular flexibility index (Phi) is 2.25. The molecule has 0 aliphatic rings. The highest BCUT2D eigenvalue weighted by Crippen LogP contribution is 1.97. The molecule has 0 bridgehead atoms. The first-order valence-corrected chi connectivity index (χ1v) is 4.72. The van der Waals surface area contributed by atoms with Gasteiger partial charge in [0, 0.05) is 6.20 Å². The number of nitrogens with zero attached hydrogens (tertiary/aromatic N) is 1. The number of rotatable bonds is 3. The monoisotopic (exact) mass is 176 g/mol. The molecule has 0 radical (unpaired) electrons. The molecule has 0 aromatic carbocycles. The van der Waals surface area contributed by atoms with Gasteiger partial charge in [0.15, 0.2) is 0 Å². The highest BCUT2D eigenvalue weighted by Gasteiger charge is 2.02. The summed E-state index contributed by atoms with van der Waals surface area (Å²) in [5.74, 6) is 0. The van der Waals surface area contributed by atoms with E-state index in [1.165, 1.54) is 6.20 Å². The molecule has 1 N–H and O–H groups in total. The summed E-state index contributed by atoms with van der Waals surface area (Å²) in [6.07, 6.45) is 2.53. The Hall–Kier alpha value is -0.880. The van der Waals surface area contributed by atoms with Crippen LogP contribution in [0.5, 0.6) is 0 Å². The van der Waals surface area contributed by atoms with E-state index in [0.29, 0.717) is 5.69 Å². The first-order chi connectivity index (χ1) is 5.08. The van der Waals surface area contributed by atoms with Gasteiger partial charge in [0.1, 0.15) is 6.61 Å². The van der Waals surface area contributed by atoms with Gasteiger partial charge in [-0.15, -0.1) is 0 Å². The number of aromatic nitrogens is 2. The van der Waals surface area contributed by atoms with Gasteiger partial charge in [-0.1, -0.05) is 0 Å². The van der Waals surface area contributed by atoms with Crippen molar-refractivity contribution in [1.29, 1.82) is 0 Å². The van der Waals surface area contributed by atoms with Crippen molar-refractivity contribution in [2.24, 2.45) is 0 Å². The highest BCUT2D eigenvalue weighted by molar-refractivity contribution is 7.85. The van der Waals surface area contributed by atoms with E-state index in [1.54, 1.807) is 6.07 Å². The van der Waals surface area contributed by atoms with E-state index in [-0.39, 0.29) is 6.61 Å². The average molecular weight is 176 g/mol. The fourth-order valence-corrected chi connectivity index (χ4v) is 0.877. The largest absolute Gasteiger partial charge is 0.280 e. The lowest BCUT2D eigenvalue weighted by Gasteiger charge is -1.96. The number of aromatic amines is 1. The van der Waals surface area contributed by atoms with Crippen LogP contribution in [0, 0.1) is 0 Å². The Morgan fingerprint density at radius 1 is 1.73 bits per heavy atom. The zero-order chi connectivity index (χ0) is 8.32. The molecule has 1 aromatic rings. The van der Waals surface area contributed by atoms with E-state index < -0.39 is 10.1 Å². The van der Waals surface area contributed by atoms with E-state index in [2.05, 4.69) is 14.4 Å². The molecule has 0 saturated heterocycles. The molecule has 0 fully saturated rings. The first-order valence-electron chi connectivity index (χ1n) is 2.90. The van der Waals surface area contributed by atoms with Gasteiger partial charge in [0.05, 0.1) is 11.9 Å². The molecule has 5 nitrogen and oxygen atoms in total. The minimum Gasteiger partial charge on any atom is -0.280 e. The van der Waals surface area contributed by atoms with Crippen LogP contribution >= 0.6 is 0 Å². The van der Waals surface area contributed by atoms with Crippen molar-refractivity contribution in [3.63, 3.8) is 0 Å². The second kappa shape index (κ2) is 3.02. The van der Waals surface area contributed by atoms with Gasteiger partial charge in [0.2, 0.25) is 0 Å². The molecule has 0 aliphatic carbocycles. The third-order valence-corrected chi connectivity index (χ3v) is 1.53. The van der Waals surface area contributed by atoms with Gasteiger partial charge >= 0.3 is 0 Å². The molecule has 1 aromatic heterocycles. The molecule has 1 rings (SSSR count). The van der Waals surface area contributed by atoms with Gasteiger partial charge in [-0.05, 0) is 6.07 Å². The quantitative estimate of drug-likeness (QED) is 0.652. The minimum atomic E-state index is -3.35. The van der Waals surface area contributed by atoms with E-state index in [4.69, 9.17) is 0 Å². The van der Waals surface area contributed by atoms with Gasteiger partial charge in [-0.2, -0.15) is 13.5 Å². The van der Waals surface area contributed by atoms with Crippen molar-refractivity contribution < 1.29 is 12.6 Å². The normalized spacial score (nSPS) is 11.7. The van der Waals surface area contributed by atoms with Crippen molar-refractivity contribution in [2.45, 2.75) is 6.61 Å². The minimum absolute atomic E-state index is 0.0127. The molecule has 6 heteroatoms. The van der Waals surface area contributed by atoms with Crippen LogP contribution in [-0.2, 0) is 20.9 Å². The molecule has 0 amide bonds. The molecule has 0 saturated carbocycles. The second-order valence-electron chi connectivity index (χ2n) is 2.05. The summed E-state index contributed by atoms with van der Waals surface area (Å²) in [6.45, 7) is 0.0127. The summed E-state index contributed by atoms with van der Waals surface area (Å²) in [5, 5.41) is 6.19. The van der Waals surface area contributed by atoms with E-state index in [9.17, 15) is 8.42 Å². The summed E-state index contributed by atoms with van der Waals surface area (Å²) in [7, 11) is -3.35. The highest BCUT2D eigenvalue weighted by atomic mass is 32.2. The summed E-state index contributed by atoms with van der Waals surface area (Å²) in [4.78, 5) is 0. The maximum absolute atomic E-state index is 10.5. The summed E-state index contributed by atoms with van der Waals surface area (Å²) in [6, 6.07) is 1.64. The lowest BCUT2D eigenvalue weighted by molar-refractivity contribution is 0.307. The summed E-state index contributed by atoms with van der Waals surface area (Å²) < 4.78 is 25.4. The van der Waals surface area contributed by atoms with Crippen molar-refractivity contribution >= 4 is 10.1 Å². The van der Waals surface area contributed by atoms with Crippen molar-refractivity contribution in [2.75, 3.05) is 6.26 Å². The van der Waals surface area contributed by atoms with Crippen LogP contribution in [0.2, 0.25) is 0 Å². The maximum atomic E-state index is 10.5. The van der Waals surface area contributed by atoms with E-state index >= 15 is 0 Å². The molecule has 1 heterocycles. The van der Waals surface area contributed by atoms with Gasteiger partial charge in [0.25, 0.3) is 10.1 Å². The van der Waals surface area contributed by atoms with Crippen LogP contribution in [-0.4, -0.2) is 24.9 Å². The Morgan fingerprint density at radius 2 is 2.45 bits per heavy atom. The Labute approximate surface area is 64.5 Å². The number of hydrogen-bond donors (Lipinski definition) is 1. The molecular weight excluding hydrogens is 168 g/mol. The lowest BCUT2D eigenvalue weighted by Crippen LogP contribution is -2.02. The number of hydrogen-bond acceptors (Lipinski definition) is 4. The predicted octanol–water partition coefficient (Wildman–Crippen LogP) is -0.114. The summed E-state index contributed by atoms with van der Waals surface area (Å²) in [5.41, 5.74) is 0.635. The Morgan fingerprint density at radius 3 is 2.91 bits per heavy atom. The van der Waals surface area contributed by atoms with Crippen molar-refractivity contribution in [1.82, 2.24) is 10.2 Å². The fraction of sp³-hybridized carbons (Fsp3) is 0.400. The third kappa shape index (κ3) is 3.15. The van der Waals surface area contributed by atoms with Crippen LogP contribution in [0.4, 0.5) is 0 Å². The zero-order valence-electron chi connectivity index (χ0n) is 5.94. The molecule has 0 atom stereocenters. The number of H-pyrrole nitrogens is 1. The van der Waals surface area contributed by atoms with Crippen LogP contribution in [0.1, 0.15) is 5.69 Å². The van der Waals surface area contributed by atoms with E-state index in [0.717, 1.165) is 6.26 Å². The van der Waals surface area contributed by atoms with Gasteiger partial charge < -0.3 is 0 Å². The average Bonchev–Trinajstić information content (AvgIpc) is 2.32. The second-order valence-corrected chi connectivity index (χ2v) is 3.69. The predicted molar refractivity (Wildman–Crippen MR) is 38.2 cm³/mol. The fourth-order valence-electron chi connectivity index (χ4n) is 0.536. The molecule has 0 aliphatic heterocycles. The van der Waals surface area contributed by atoms with Crippen LogP contribution in [0.15, 0.2) is 12.3 Å². The van der Waals surface area contributed by atoms with Crippen LogP contribution in [0.25, 0.3) is 0 Å². The zero-order valence-corrected chi connectivity index (χ0v) is 6.76. The standard InChI is InChI=1S/C5H8N2O3S/c1-11(8,9)10-4-5-2-3-6-7-5/h2-3H,4H2,1H3,(H,6,7). The smallest absolute Gasteiger partial charge is 0.264 e. The van der Waals surface area contributed by atoms with E-state index in [1.807, 2.05) is 0 Å². The first kappa shape index (κ1) is 8.22. The third-order valence-electron chi connectivity index (χ3n) is 0.987. The topological polar surface area (TPSA) is 72.1 Å². The molecule has 0 unspecified atom stereocenters. The molecule has 0 spiro atoms. The molecular formula is C5H8N2O3S. The van der Waals surface area contributed by atoms with Crippen molar-refractivity contribution in [3.05, 3.63) is 18.0 Å². The van der Waals surface area contributed by atoms with Crippen molar-refractivity contribution in [3.8, 4) is 0 Å². The SMILES string of the molecule is CS(=O)(=O)OCc1ccn[nH]1. The molecule has 11 heavy (non-hydrogen) atoms. The van der Waals surface area contributed by atoms with Gasteiger partial charge in [-0.3, -0.25) is 9.28 Å². The Balaban J connectivity index is 2.48. The van der Waals surface area contributed by atoms with Gasteiger partial charge in [-0.25, -0.2) is 0 Å².